The normalized spacial score (nSPS) is 10.1. The van der Waals surface area contributed by atoms with Crippen LogP contribution in [0.1, 0.15) is 19.8 Å². The summed E-state index contributed by atoms with van der Waals surface area (Å²) in [6, 6.07) is 1.84. The van der Waals surface area contributed by atoms with Gasteiger partial charge in [0.1, 0.15) is 5.82 Å². The van der Waals surface area contributed by atoms with Gasteiger partial charge in [-0.3, -0.25) is 0 Å². The van der Waals surface area contributed by atoms with Gasteiger partial charge < -0.3 is 5.32 Å². The average molecular weight is 264 g/mol. The van der Waals surface area contributed by atoms with Crippen LogP contribution in [0.4, 0.5) is 5.82 Å². The van der Waals surface area contributed by atoms with Gasteiger partial charge in [-0.05, 0) is 28.4 Å². The number of nitrogens with one attached hydrogen (secondary N) is 1. The maximum atomic E-state index is 5.95. The van der Waals surface area contributed by atoms with E-state index in [2.05, 4.69) is 33.2 Å². The Kier molecular flexibility index (Phi) is 4.53. The van der Waals surface area contributed by atoms with Crippen LogP contribution in [0.25, 0.3) is 0 Å². The molecule has 0 bridgehead atoms. The van der Waals surface area contributed by atoms with Crippen LogP contribution in [0.3, 0.4) is 0 Å². The monoisotopic (exact) mass is 262 g/mol. The van der Waals surface area contributed by atoms with Crippen molar-refractivity contribution >= 4 is 33.3 Å². The fourth-order valence-corrected chi connectivity index (χ4v) is 1.62. The SMILES string of the molecule is CCCCNc1ncc(Br)cc1Cl. The molecule has 0 radical (unpaired) electrons. The van der Waals surface area contributed by atoms with E-state index in [1.54, 1.807) is 6.20 Å². The van der Waals surface area contributed by atoms with Gasteiger partial charge >= 0.3 is 0 Å². The van der Waals surface area contributed by atoms with E-state index in [0.717, 1.165) is 23.3 Å². The fourth-order valence-electron chi connectivity index (χ4n) is 0.928. The van der Waals surface area contributed by atoms with Crippen molar-refractivity contribution in [2.75, 3.05) is 11.9 Å². The lowest BCUT2D eigenvalue weighted by Gasteiger charge is -2.05. The molecule has 1 aromatic rings. The Labute approximate surface area is 91.8 Å². The first-order chi connectivity index (χ1) is 6.24. The van der Waals surface area contributed by atoms with Crippen molar-refractivity contribution in [1.82, 2.24) is 4.98 Å². The second kappa shape index (κ2) is 5.45. The number of anilines is 1. The molecule has 0 spiro atoms. The molecular weight excluding hydrogens is 251 g/mol. The molecule has 1 rings (SSSR count). The number of nitrogens with zero attached hydrogens (tertiary/aromatic N) is 1. The van der Waals surface area contributed by atoms with E-state index in [-0.39, 0.29) is 0 Å². The van der Waals surface area contributed by atoms with Crippen molar-refractivity contribution in [3.05, 3.63) is 21.8 Å². The first kappa shape index (κ1) is 10.8. The van der Waals surface area contributed by atoms with Crippen molar-refractivity contribution in [3.63, 3.8) is 0 Å². The van der Waals surface area contributed by atoms with Crippen LogP contribution in [0.5, 0.6) is 0 Å². The third kappa shape index (κ3) is 3.53. The van der Waals surface area contributed by atoms with E-state index in [1.165, 1.54) is 6.42 Å². The lowest BCUT2D eigenvalue weighted by Crippen LogP contribution is -2.03. The lowest BCUT2D eigenvalue weighted by molar-refractivity contribution is 0.831. The van der Waals surface area contributed by atoms with Gasteiger partial charge in [0.15, 0.2) is 0 Å². The van der Waals surface area contributed by atoms with Gasteiger partial charge in [-0.1, -0.05) is 24.9 Å². The van der Waals surface area contributed by atoms with Crippen molar-refractivity contribution < 1.29 is 0 Å². The highest BCUT2D eigenvalue weighted by molar-refractivity contribution is 9.10. The number of rotatable bonds is 4. The molecule has 72 valence electrons. The van der Waals surface area contributed by atoms with Gasteiger partial charge in [0.05, 0.1) is 5.02 Å². The highest BCUT2D eigenvalue weighted by Gasteiger charge is 2.00. The van der Waals surface area contributed by atoms with E-state index < -0.39 is 0 Å². The number of hydrogen-bond acceptors (Lipinski definition) is 2. The zero-order chi connectivity index (χ0) is 9.68. The van der Waals surface area contributed by atoms with Crippen LogP contribution in [0, 0.1) is 0 Å². The quantitative estimate of drug-likeness (QED) is 0.838. The smallest absolute Gasteiger partial charge is 0.144 e. The predicted octanol–water partition coefficient (Wildman–Crippen LogP) is 3.71. The van der Waals surface area contributed by atoms with E-state index in [0.29, 0.717) is 5.02 Å². The maximum Gasteiger partial charge on any atom is 0.144 e. The Bertz CT molecular complexity index is 278. The van der Waals surface area contributed by atoms with E-state index in [9.17, 15) is 0 Å². The third-order valence-corrected chi connectivity index (χ3v) is 2.35. The van der Waals surface area contributed by atoms with E-state index in [4.69, 9.17) is 11.6 Å². The first-order valence-electron chi connectivity index (χ1n) is 4.29. The minimum absolute atomic E-state index is 0.658. The number of pyridine rings is 1. The number of halogens is 2. The Morgan fingerprint density at radius 2 is 2.38 bits per heavy atom. The molecule has 4 heteroatoms. The Balaban J connectivity index is 2.56. The van der Waals surface area contributed by atoms with Gasteiger partial charge in [-0.15, -0.1) is 0 Å². The summed E-state index contributed by atoms with van der Waals surface area (Å²) in [7, 11) is 0. The molecule has 0 fully saturated rings. The van der Waals surface area contributed by atoms with E-state index >= 15 is 0 Å². The maximum absolute atomic E-state index is 5.95. The van der Waals surface area contributed by atoms with Crippen LogP contribution in [0.15, 0.2) is 16.7 Å². The second-order valence-corrected chi connectivity index (χ2v) is 4.09. The summed E-state index contributed by atoms with van der Waals surface area (Å²) in [6.07, 6.45) is 4.04. The predicted molar refractivity (Wildman–Crippen MR) is 60.3 cm³/mol. The molecule has 0 saturated heterocycles. The molecule has 0 aliphatic rings. The summed E-state index contributed by atoms with van der Waals surface area (Å²) < 4.78 is 0.901. The summed E-state index contributed by atoms with van der Waals surface area (Å²) in [5.74, 6) is 0.762. The molecule has 13 heavy (non-hydrogen) atoms. The Hall–Kier alpha value is -0.280. The largest absolute Gasteiger partial charge is 0.369 e. The summed E-state index contributed by atoms with van der Waals surface area (Å²) >= 11 is 9.26. The summed E-state index contributed by atoms with van der Waals surface area (Å²) in [5.41, 5.74) is 0. The van der Waals surface area contributed by atoms with Crippen LogP contribution in [-0.4, -0.2) is 11.5 Å². The minimum Gasteiger partial charge on any atom is -0.369 e. The molecule has 2 nitrogen and oxygen atoms in total. The topological polar surface area (TPSA) is 24.9 Å². The molecular formula is C9H12BrClN2. The van der Waals surface area contributed by atoms with Crippen LogP contribution >= 0.6 is 27.5 Å². The molecule has 1 aromatic heterocycles. The first-order valence-corrected chi connectivity index (χ1v) is 5.46. The number of aromatic nitrogens is 1. The van der Waals surface area contributed by atoms with Crippen molar-refractivity contribution in [2.24, 2.45) is 0 Å². The zero-order valence-electron chi connectivity index (χ0n) is 7.48. The highest BCUT2D eigenvalue weighted by atomic mass is 79.9. The van der Waals surface area contributed by atoms with Crippen LogP contribution in [0.2, 0.25) is 5.02 Å². The minimum atomic E-state index is 0.658. The van der Waals surface area contributed by atoms with Gasteiger partial charge in [-0.25, -0.2) is 4.98 Å². The van der Waals surface area contributed by atoms with Crippen molar-refractivity contribution in [1.29, 1.82) is 0 Å². The molecule has 0 saturated carbocycles. The van der Waals surface area contributed by atoms with Gasteiger partial charge in [0, 0.05) is 17.2 Å². The van der Waals surface area contributed by atoms with E-state index in [1.807, 2.05) is 6.07 Å². The lowest BCUT2D eigenvalue weighted by atomic mass is 10.3. The Morgan fingerprint density at radius 3 is 3.00 bits per heavy atom. The number of hydrogen-bond donors (Lipinski definition) is 1. The van der Waals surface area contributed by atoms with Crippen molar-refractivity contribution in [2.45, 2.75) is 19.8 Å². The molecule has 0 aliphatic heterocycles. The molecule has 0 atom stereocenters. The molecule has 0 amide bonds. The zero-order valence-corrected chi connectivity index (χ0v) is 9.82. The van der Waals surface area contributed by atoms with Crippen LogP contribution < -0.4 is 5.32 Å². The average Bonchev–Trinajstić information content (AvgIpc) is 2.09. The number of unbranched alkanes of at least 4 members (excludes halogenated alkanes) is 1. The summed E-state index contributed by atoms with van der Waals surface area (Å²) in [6.45, 7) is 3.07. The summed E-state index contributed by atoms with van der Waals surface area (Å²) in [5, 5.41) is 3.84. The molecule has 1 N–H and O–H groups in total. The van der Waals surface area contributed by atoms with Crippen LogP contribution in [-0.2, 0) is 0 Å². The Morgan fingerprint density at radius 1 is 1.62 bits per heavy atom. The standard InChI is InChI=1S/C9H12BrClN2/c1-2-3-4-12-9-8(11)5-7(10)6-13-9/h5-6H,2-4H2,1H3,(H,12,13). The molecule has 0 aliphatic carbocycles. The highest BCUT2D eigenvalue weighted by Crippen LogP contribution is 2.22. The fraction of sp³-hybridized carbons (Fsp3) is 0.444. The van der Waals surface area contributed by atoms with Gasteiger partial charge in [0.2, 0.25) is 0 Å². The second-order valence-electron chi connectivity index (χ2n) is 2.76. The molecule has 1 heterocycles. The third-order valence-electron chi connectivity index (χ3n) is 1.63. The van der Waals surface area contributed by atoms with Gasteiger partial charge in [0.25, 0.3) is 0 Å². The summed E-state index contributed by atoms with van der Waals surface area (Å²) in [4.78, 5) is 4.16. The van der Waals surface area contributed by atoms with Gasteiger partial charge in [-0.2, -0.15) is 0 Å². The molecule has 0 unspecified atom stereocenters. The molecule has 0 aromatic carbocycles. The van der Waals surface area contributed by atoms with Crippen molar-refractivity contribution in [3.8, 4) is 0 Å².